The summed E-state index contributed by atoms with van der Waals surface area (Å²) in [7, 11) is 0. The zero-order valence-electron chi connectivity index (χ0n) is 11.5. The number of carbonyl (C=O) groups excluding carboxylic acids is 1. The van der Waals surface area contributed by atoms with Crippen LogP contribution in [0.5, 0.6) is 0 Å². The third-order valence-electron chi connectivity index (χ3n) is 3.45. The van der Waals surface area contributed by atoms with E-state index >= 15 is 0 Å². The predicted molar refractivity (Wildman–Crippen MR) is 73.2 cm³/mol. The standard InChI is InChI=1S/C15H14F3NO3/c16-15(17,18)9-4-3-5-10(8-9)19-13(20)11-6-1-2-7-12(11)14(21)22/h3-5,8H,1-2,6-7H2,(H,19,20)(H,21,22). The average molecular weight is 313 g/mol. The van der Waals surface area contributed by atoms with Gasteiger partial charge in [-0.1, -0.05) is 6.07 Å². The van der Waals surface area contributed by atoms with Crippen molar-refractivity contribution in [2.24, 2.45) is 0 Å². The van der Waals surface area contributed by atoms with Gasteiger partial charge in [-0.15, -0.1) is 0 Å². The Kier molecular flexibility index (Phi) is 4.54. The molecule has 0 aliphatic heterocycles. The number of hydrogen-bond donors (Lipinski definition) is 2. The molecule has 1 aromatic carbocycles. The fourth-order valence-electron chi connectivity index (χ4n) is 2.37. The van der Waals surface area contributed by atoms with Crippen LogP contribution in [-0.2, 0) is 15.8 Å². The van der Waals surface area contributed by atoms with Crippen LogP contribution in [0.25, 0.3) is 0 Å². The molecule has 0 fully saturated rings. The second-order valence-corrected chi connectivity index (χ2v) is 5.00. The highest BCUT2D eigenvalue weighted by molar-refractivity contribution is 6.08. The van der Waals surface area contributed by atoms with Gasteiger partial charge >= 0.3 is 12.1 Å². The zero-order chi connectivity index (χ0) is 16.3. The van der Waals surface area contributed by atoms with Crippen LogP contribution in [-0.4, -0.2) is 17.0 Å². The van der Waals surface area contributed by atoms with E-state index in [-0.39, 0.29) is 16.8 Å². The molecule has 1 aromatic rings. The summed E-state index contributed by atoms with van der Waals surface area (Å²) < 4.78 is 37.9. The summed E-state index contributed by atoms with van der Waals surface area (Å²) >= 11 is 0. The van der Waals surface area contributed by atoms with Gasteiger partial charge in [0.15, 0.2) is 0 Å². The van der Waals surface area contributed by atoms with Crippen molar-refractivity contribution in [3.63, 3.8) is 0 Å². The van der Waals surface area contributed by atoms with Crippen molar-refractivity contribution >= 4 is 17.6 Å². The van der Waals surface area contributed by atoms with E-state index in [0.717, 1.165) is 12.1 Å². The summed E-state index contributed by atoms with van der Waals surface area (Å²) in [6.45, 7) is 0. The number of amides is 1. The molecule has 0 saturated carbocycles. The SMILES string of the molecule is O=C(O)C1=C(C(=O)Nc2cccc(C(F)(F)F)c2)CCCC1. The molecule has 2 rings (SSSR count). The Balaban J connectivity index is 2.23. The van der Waals surface area contributed by atoms with Crippen LogP contribution in [0.3, 0.4) is 0 Å². The van der Waals surface area contributed by atoms with Gasteiger partial charge in [0.25, 0.3) is 5.91 Å². The van der Waals surface area contributed by atoms with Crippen molar-refractivity contribution in [2.75, 3.05) is 5.32 Å². The number of carboxylic acids is 1. The first-order chi connectivity index (χ1) is 10.3. The van der Waals surface area contributed by atoms with Gasteiger partial charge in [-0.3, -0.25) is 4.79 Å². The Morgan fingerprint density at radius 2 is 1.73 bits per heavy atom. The third kappa shape index (κ3) is 3.66. The minimum absolute atomic E-state index is 0.0114. The Morgan fingerprint density at radius 3 is 2.32 bits per heavy atom. The second-order valence-electron chi connectivity index (χ2n) is 5.00. The Bertz CT molecular complexity index is 635. The molecule has 2 N–H and O–H groups in total. The van der Waals surface area contributed by atoms with Crippen molar-refractivity contribution in [3.05, 3.63) is 41.0 Å². The molecule has 0 heterocycles. The van der Waals surface area contributed by atoms with Crippen molar-refractivity contribution in [1.82, 2.24) is 0 Å². The normalized spacial score (nSPS) is 15.6. The van der Waals surface area contributed by atoms with E-state index in [1.54, 1.807) is 0 Å². The first-order valence-electron chi connectivity index (χ1n) is 6.73. The molecule has 0 saturated heterocycles. The molecule has 0 spiro atoms. The van der Waals surface area contributed by atoms with E-state index in [4.69, 9.17) is 5.11 Å². The van der Waals surface area contributed by atoms with Crippen LogP contribution in [0.2, 0.25) is 0 Å². The van der Waals surface area contributed by atoms with E-state index in [0.29, 0.717) is 25.7 Å². The Labute approximate surface area is 124 Å². The summed E-state index contributed by atoms with van der Waals surface area (Å²) in [6, 6.07) is 4.24. The molecule has 0 radical (unpaired) electrons. The number of carboxylic acid groups (broad SMARTS) is 1. The number of hydrogen-bond acceptors (Lipinski definition) is 2. The van der Waals surface area contributed by atoms with Gasteiger partial charge in [0.1, 0.15) is 0 Å². The molecule has 4 nitrogen and oxygen atoms in total. The van der Waals surface area contributed by atoms with Crippen molar-refractivity contribution in [2.45, 2.75) is 31.9 Å². The van der Waals surface area contributed by atoms with Crippen LogP contribution < -0.4 is 5.32 Å². The number of carbonyl (C=O) groups is 2. The molecule has 1 amide bonds. The van der Waals surface area contributed by atoms with Crippen LogP contribution in [0, 0.1) is 0 Å². The summed E-state index contributed by atoms with van der Waals surface area (Å²) in [4.78, 5) is 23.3. The first-order valence-corrected chi connectivity index (χ1v) is 6.73. The molecule has 118 valence electrons. The molecular formula is C15H14F3NO3. The first kappa shape index (κ1) is 16.1. The van der Waals surface area contributed by atoms with E-state index in [1.807, 2.05) is 0 Å². The molecular weight excluding hydrogens is 299 g/mol. The molecule has 1 aliphatic rings. The lowest BCUT2D eigenvalue weighted by atomic mass is 9.91. The summed E-state index contributed by atoms with van der Waals surface area (Å²) in [6.07, 6.45) is -2.53. The minimum atomic E-state index is -4.50. The molecule has 22 heavy (non-hydrogen) atoms. The maximum Gasteiger partial charge on any atom is 0.416 e. The largest absolute Gasteiger partial charge is 0.478 e. The quantitative estimate of drug-likeness (QED) is 0.896. The van der Waals surface area contributed by atoms with Crippen LogP contribution in [0.4, 0.5) is 18.9 Å². The molecule has 0 bridgehead atoms. The van der Waals surface area contributed by atoms with Gasteiger partial charge < -0.3 is 10.4 Å². The number of rotatable bonds is 3. The highest BCUT2D eigenvalue weighted by Crippen LogP contribution is 2.31. The summed E-state index contributed by atoms with van der Waals surface area (Å²) in [5, 5.41) is 11.4. The van der Waals surface area contributed by atoms with Gasteiger partial charge in [0.05, 0.1) is 5.56 Å². The third-order valence-corrected chi connectivity index (χ3v) is 3.45. The Hall–Kier alpha value is -2.31. The van der Waals surface area contributed by atoms with E-state index < -0.39 is 23.6 Å². The van der Waals surface area contributed by atoms with E-state index in [9.17, 15) is 22.8 Å². The van der Waals surface area contributed by atoms with Crippen molar-refractivity contribution in [1.29, 1.82) is 0 Å². The maximum absolute atomic E-state index is 12.6. The van der Waals surface area contributed by atoms with Gasteiger partial charge in [-0.25, -0.2) is 4.79 Å². The zero-order valence-corrected chi connectivity index (χ0v) is 11.5. The Morgan fingerprint density at radius 1 is 1.09 bits per heavy atom. The summed E-state index contributed by atoms with van der Waals surface area (Å²) in [5.74, 6) is -1.81. The summed E-state index contributed by atoms with van der Waals surface area (Å²) in [5.41, 5.74) is -0.712. The smallest absolute Gasteiger partial charge is 0.416 e. The molecule has 0 atom stereocenters. The molecule has 0 unspecified atom stereocenters. The van der Waals surface area contributed by atoms with Crippen LogP contribution >= 0.6 is 0 Å². The van der Waals surface area contributed by atoms with Gasteiger partial charge in [0, 0.05) is 16.8 Å². The highest BCUT2D eigenvalue weighted by Gasteiger charge is 2.30. The van der Waals surface area contributed by atoms with Gasteiger partial charge in [-0.2, -0.15) is 13.2 Å². The second kappa shape index (κ2) is 6.21. The van der Waals surface area contributed by atoms with Crippen molar-refractivity contribution < 1.29 is 27.9 Å². The number of alkyl halides is 3. The lowest BCUT2D eigenvalue weighted by Gasteiger charge is -2.17. The monoisotopic (exact) mass is 313 g/mol. The average Bonchev–Trinajstić information content (AvgIpc) is 2.46. The lowest BCUT2D eigenvalue weighted by molar-refractivity contribution is -0.137. The van der Waals surface area contributed by atoms with E-state index in [1.165, 1.54) is 12.1 Å². The molecule has 1 aliphatic carbocycles. The topological polar surface area (TPSA) is 66.4 Å². The lowest BCUT2D eigenvalue weighted by Crippen LogP contribution is -2.21. The predicted octanol–water partition coefficient (Wildman–Crippen LogP) is 3.60. The van der Waals surface area contributed by atoms with Crippen molar-refractivity contribution in [3.8, 4) is 0 Å². The van der Waals surface area contributed by atoms with Gasteiger partial charge in [-0.05, 0) is 43.9 Å². The number of anilines is 1. The fraction of sp³-hybridized carbons (Fsp3) is 0.333. The van der Waals surface area contributed by atoms with Crippen LogP contribution in [0.15, 0.2) is 35.4 Å². The molecule has 7 heteroatoms. The highest BCUT2D eigenvalue weighted by atomic mass is 19.4. The minimum Gasteiger partial charge on any atom is -0.478 e. The number of halogens is 3. The maximum atomic E-state index is 12.6. The number of nitrogens with one attached hydrogen (secondary N) is 1. The van der Waals surface area contributed by atoms with E-state index in [2.05, 4.69) is 5.32 Å². The molecule has 0 aromatic heterocycles. The fourth-order valence-corrected chi connectivity index (χ4v) is 2.37. The number of aliphatic carboxylic acids is 1. The van der Waals surface area contributed by atoms with Gasteiger partial charge in [0.2, 0.25) is 0 Å². The number of benzene rings is 1. The van der Waals surface area contributed by atoms with Crippen LogP contribution in [0.1, 0.15) is 31.2 Å².